The zero-order valence-corrected chi connectivity index (χ0v) is 12.6. The van der Waals surface area contributed by atoms with E-state index in [0.717, 1.165) is 58.2 Å². The first-order chi connectivity index (χ1) is 8.79. The van der Waals surface area contributed by atoms with Gasteiger partial charge in [0.05, 0.1) is 19.8 Å². The fraction of sp³-hybridized carbons (Fsp3) is 0.923. The molecule has 0 saturated carbocycles. The molecule has 0 bridgehead atoms. The highest BCUT2D eigenvalue weighted by Gasteiger charge is 2.24. The third kappa shape index (κ3) is 5.26. The first-order valence-corrected chi connectivity index (χ1v) is 7.02. The van der Waals surface area contributed by atoms with Crippen molar-refractivity contribution in [3.05, 3.63) is 0 Å². The number of morpholine rings is 1. The smallest absolute Gasteiger partial charge is 0.236 e. The van der Waals surface area contributed by atoms with Gasteiger partial charge >= 0.3 is 0 Å². The van der Waals surface area contributed by atoms with Crippen molar-refractivity contribution in [2.75, 3.05) is 59.5 Å². The zero-order chi connectivity index (χ0) is 12.8. The third-order valence-corrected chi connectivity index (χ3v) is 3.92. The van der Waals surface area contributed by atoms with Crippen molar-refractivity contribution in [3.8, 4) is 0 Å². The number of likely N-dealkylation sites (tertiary alicyclic amines) is 1. The Morgan fingerprint density at radius 2 is 1.84 bits per heavy atom. The van der Waals surface area contributed by atoms with Crippen LogP contribution >= 0.6 is 12.4 Å². The monoisotopic (exact) mass is 291 g/mol. The van der Waals surface area contributed by atoms with Gasteiger partial charge in [0.15, 0.2) is 0 Å². The molecule has 1 amide bonds. The second-order valence-electron chi connectivity index (χ2n) is 5.27. The largest absolute Gasteiger partial charge is 0.379 e. The summed E-state index contributed by atoms with van der Waals surface area (Å²) in [7, 11) is 1.82. The molecule has 5 nitrogen and oxygen atoms in total. The maximum Gasteiger partial charge on any atom is 0.236 e. The number of halogens is 1. The van der Waals surface area contributed by atoms with Gasteiger partial charge in [0.2, 0.25) is 5.91 Å². The molecule has 0 spiro atoms. The summed E-state index contributed by atoms with van der Waals surface area (Å²) < 4.78 is 5.36. The predicted molar refractivity (Wildman–Crippen MR) is 77.7 cm³/mol. The van der Waals surface area contributed by atoms with Gasteiger partial charge in [-0.05, 0) is 25.8 Å². The van der Waals surface area contributed by atoms with Crippen molar-refractivity contribution >= 4 is 18.3 Å². The zero-order valence-electron chi connectivity index (χ0n) is 11.8. The molecule has 19 heavy (non-hydrogen) atoms. The van der Waals surface area contributed by atoms with E-state index in [-0.39, 0.29) is 18.3 Å². The minimum absolute atomic E-state index is 0. The topological polar surface area (TPSA) is 44.8 Å². The molecule has 0 aliphatic carbocycles. The maximum atomic E-state index is 11.7. The Morgan fingerprint density at radius 3 is 2.42 bits per heavy atom. The lowest BCUT2D eigenvalue weighted by Crippen LogP contribution is -2.45. The van der Waals surface area contributed by atoms with Crippen LogP contribution in [0.25, 0.3) is 0 Å². The number of likely N-dealkylation sites (N-methyl/N-ethyl adjacent to an activating group) is 1. The van der Waals surface area contributed by atoms with Gasteiger partial charge in [0.1, 0.15) is 0 Å². The second kappa shape index (κ2) is 8.74. The third-order valence-electron chi connectivity index (χ3n) is 3.92. The molecule has 2 aliphatic heterocycles. The quantitative estimate of drug-likeness (QED) is 0.804. The molecule has 112 valence electrons. The Kier molecular flexibility index (Phi) is 7.68. The molecule has 2 saturated heterocycles. The average Bonchev–Trinajstić information content (AvgIpc) is 2.41. The minimum Gasteiger partial charge on any atom is -0.379 e. The highest BCUT2D eigenvalue weighted by molar-refractivity contribution is 5.85. The van der Waals surface area contributed by atoms with Crippen LogP contribution in [0, 0.1) is 5.92 Å². The van der Waals surface area contributed by atoms with Gasteiger partial charge < -0.3 is 15.0 Å². The van der Waals surface area contributed by atoms with E-state index in [9.17, 15) is 4.79 Å². The molecule has 0 radical (unpaired) electrons. The van der Waals surface area contributed by atoms with Crippen molar-refractivity contribution in [2.24, 2.45) is 5.92 Å². The molecule has 6 heteroatoms. The van der Waals surface area contributed by atoms with E-state index < -0.39 is 0 Å². The number of hydrogen-bond acceptors (Lipinski definition) is 4. The summed E-state index contributed by atoms with van der Waals surface area (Å²) in [5, 5.41) is 2.93. The fourth-order valence-corrected chi connectivity index (χ4v) is 2.78. The first kappa shape index (κ1) is 16.7. The van der Waals surface area contributed by atoms with Gasteiger partial charge in [-0.15, -0.1) is 12.4 Å². The van der Waals surface area contributed by atoms with E-state index in [2.05, 4.69) is 10.2 Å². The summed E-state index contributed by atoms with van der Waals surface area (Å²) in [6.07, 6.45) is 2.29. The Bertz CT molecular complexity index is 265. The molecule has 2 aliphatic rings. The standard InChI is InChI=1S/C13H25N3O2.ClH/c1-14-10-13(17)16-4-2-12(3-5-16)11-15-6-8-18-9-7-15;/h12,14H,2-11H2,1H3;1H. The van der Waals surface area contributed by atoms with E-state index in [4.69, 9.17) is 4.74 Å². The molecular formula is C13H26ClN3O2. The van der Waals surface area contributed by atoms with Crippen LogP contribution in [0.4, 0.5) is 0 Å². The lowest BCUT2D eigenvalue weighted by atomic mass is 9.96. The van der Waals surface area contributed by atoms with E-state index in [1.165, 1.54) is 6.54 Å². The average molecular weight is 292 g/mol. The molecule has 0 atom stereocenters. The molecule has 2 rings (SSSR count). The van der Waals surface area contributed by atoms with E-state index in [0.29, 0.717) is 6.54 Å². The Morgan fingerprint density at radius 1 is 1.21 bits per heavy atom. The number of rotatable bonds is 4. The predicted octanol–water partition coefficient (Wildman–Crippen LogP) is 0.198. The van der Waals surface area contributed by atoms with Crippen LogP contribution in [-0.4, -0.2) is 75.2 Å². The Hall–Kier alpha value is -0.360. The number of nitrogens with one attached hydrogen (secondary N) is 1. The van der Waals surface area contributed by atoms with Crippen molar-refractivity contribution < 1.29 is 9.53 Å². The number of amides is 1. The SMILES string of the molecule is CNCC(=O)N1CCC(CN2CCOCC2)CC1.Cl. The summed E-state index contributed by atoms with van der Waals surface area (Å²) in [6.45, 7) is 7.38. The summed E-state index contributed by atoms with van der Waals surface area (Å²) >= 11 is 0. The highest BCUT2D eigenvalue weighted by Crippen LogP contribution is 2.18. The number of nitrogens with zero attached hydrogens (tertiary/aromatic N) is 2. The van der Waals surface area contributed by atoms with Gasteiger partial charge in [-0.2, -0.15) is 0 Å². The molecule has 2 fully saturated rings. The van der Waals surface area contributed by atoms with Gasteiger partial charge in [-0.25, -0.2) is 0 Å². The van der Waals surface area contributed by atoms with Gasteiger partial charge in [0, 0.05) is 32.7 Å². The number of carbonyl (C=O) groups excluding carboxylic acids is 1. The molecule has 0 aromatic heterocycles. The number of hydrogen-bond donors (Lipinski definition) is 1. The van der Waals surface area contributed by atoms with Gasteiger partial charge in [-0.1, -0.05) is 0 Å². The highest BCUT2D eigenvalue weighted by atomic mass is 35.5. The Balaban J connectivity index is 0.00000180. The lowest BCUT2D eigenvalue weighted by molar-refractivity contribution is -0.131. The van der Waals surface area contributed by atoms with Crippen LogP contribution in [0.5, 0.6) is 0 Å². The van der Waals surface area contributed by atoms with E-state index in [1.54, 1.807) is 0 Å². The molecule has 0 aromatic carbocycles. The lowest BCUT2D eigenvalue weighted by Gasteiger charge is -2.36. The minimum atomic E-state index is 0. The van der Waals surface area contributed by atoms with Crippen LogP contribution in [0.1, 0.15) is 12.8 Å². The summed E-state index contributed by atoms with van der Waals surface area (Å²) in [5.74, 6) is 0.990. The van der Waals surface area contributed by atoms with Crippen LogP contribution < -0.4 is 5.32 Å². The molecule has 0 unspecified atom stereocenters. The number of carbonyl (C=O) groups is 1. The van der Waals surface area contributed by atoms with Crippen molar-refractivity contribution in [3.63, 3.8) is 0 Å². The summed E-state index contributed by atoms with van der Waals surface area (Å²) in [6, 6.07) is 0. The molecule has 2 heterocycles. The Labute approximate surface area is 122 Å². The normalized spacial score (nSPS) is 22.1. The summed E-state index contributed by atoms with van der Waals surface area (Å²) in [5.41, 5.74) is 0. The van der Waals surface area contributed by atoms with Crippen molar-refractivity contribution in [1.29, 1.82) is 0 Å². The first-order valence-electron chi connectivity index (χ1n) is 7.02. The molecule has 1 N–H and O–H groups in total. The number of piperidine rings is 1. The second-order valence-corrected chi connectivity index (χ2v) is 5.27. The molecule has 0 aromatic rings. The molecular weight excluding hydrogens is 266 g/mol. The van der Waals surface area contributed by atoms with Crippen LogP contribution in [0.15, 0.2) is 0 Å². The van der Waals surface area contributed by atoms with Crippen molar-refractivity contribution in [2.45, 2.75) is 12.8 Å². The summed E-state index contributed by atoms with van der Waals surface area (Å²) in [4.78, 5) is 16.2. The van der Waals surface area contributed by atoms with Crippen molar-refractivity contribution in [1.82, 2.24) is 15.1 Å². The maximum absolute atomic E-state index is 11.7. The van der Waals surface area contributed by atoms with Crippen LogP contribution in [-0.2, 0) is 9.53 Å². The number of ether oxygens (including phenoxy) is 1. The van der Waals surface area contributed by atoms with E-state index in [1.807, 2.05) is 11.9 Å². The van der Waals surface area contributed by atoms with Crippen LogP contribution in [0.2, 0.25) is 0 Å². The van der Waals surface area contributed by atoms with Gasteiger partial charge in [-0.3, -0.25) is 9.69 Å². The van der Waals surface area contributed by atoms with Gasteiger partial charge in [0.25, 0.3) is 0 Å². The van der Waals surface area contributed by atoms with Crippen LogP contribution in [0.3, 0.4) is 0 Å². The fourth-order valence-electron chi connectivity index (χ4n) is 2.78. The van der Waals surface area contributed by atoms with E-state index >= 15 is 0 Å².